The molecule has 6 heteroatoms. The van der Waals surface area contributed by atoms with E-state index in [1.165, 1.54) is 24.0 Å². The molecule has 2 saturated heterocycles. The standard InChI is InChI=1S/C21H31N5O/c1-24(14-18-4-9-22-10-5-18)17-20-3-6-21(27-20)7-11-26(12-8-21)16-19-13-23-25(2)15-19/h4-5,9-10,13,15,20H,3,6-8,11-12,14,16-17H2,1-2H3. The first-order chi connectivity index (χ1) is 13.1. The van der Waals surface area contributed by atoms with Crippen molar-refractivity contribution in [1.82, 2.24) is 24.6 Å². The molecule has 0 aromatic carbocycles. The molecular formula is C21H31N5O. The quantitative estimate of drug-likeness (QED) is 0.783. The predicted octanol–water partition coefficient (Wildman–Crippen LogP) is 2.46. The summed E-state index contributed by atoms with van der Waals surface area (Å²) in [6, 6.07) is 4.18. The van der Waals surface area contributed by atoms with Gasteiger partial charge in [0, 0.05) is 63.9 Å². The van der Waals surface area contributed by atoms with Crippen LogP contribution in [0.25, 0.3) is 0 Å². The van der Waals surface area contributed by atoms with Gasteiger partial charge in [0.15, 0.2) is 0 Å². The normalized spacial score (nSPS) is 22.7. The molecule has 146 valence electrons. The third kappa shape index (κ3) is 4.75. The van der Waals surface area contributed by atoms with Gasteiger partial charge in [-0.3, -0.25) is 19.5 Å². The summed E-state index contributed by atoms with van der Waals surface area (Å²) in [5.41, 5.74) is 2.73. The summed E-state index contributed by atoms with van der Waals surface area (Å²) < 4.78 is 8.49. The van der Waals surface area contributed by atoms with E-state index in [1.807, 2.05) is 30.3 Å². The van der Waals surface area contributed by atoms with Crippen molar-refractivity contribution in [2.24, 2.45) is 7.05 Å². The van der Waals surface area contributed by atoms with Gasteiger partial charge in [-0.15, -0.1) is 0 Å². The number of nitrogens with zero attached hydrogens (tertiary/aromatic N) is 5. The zero-order valence-electron chi connectivity index (χ0n) is 16.5. The minimum Gasteiger partial charge on any atom is -0.370 e. The van der Waals surface area contributed by atoms with Gasteiger partial charge in [0.2, 0.25) is 0 Å². The van der Waals surface area contributed by atoms with Crippen LogP contribution in [0, 0.1) is 0 Å². The molecule has 0 bridgehead atoms. The minimum atomic E-state index is 0.119. The van der Waals surface area contributed by atoms with Crippen molar-refractivity contribution in [2.45, 2.75) is 50.5 Å². The van der Waals surface area contributed by atoms with E-state index in [4.69, 9.17) is 4.74 Å². The predicted molar refractivity (Wildman–Crippen MR) is 105 cm³/mol. The number of ether oxygens (including phenoxy) is 1. The van der Waals surface area contributed by atoms with Crippen molar-refractivity contribution in [3.63, 3.8) is 0 Å². The number of likely N-dealkylation sites (N-methyl/N-ethyl adjacent to an activating group) is 1. The molecule has 4 heterocycles. The van der Waals surface area contributed by atoms with Gasteiger partial charge in [-0.1, -0.05) is 0 Å². The van der Waals surface area contributed by atoms with Crippen molar-refractivity contribution >= 4 is 0 Å². The van der Waals surface area contributed by atoms with Crippen LogP contribution < -0.4 is 0 Å². The number of hydrogen-bond donors (Lipinski definition) is 0. The molecule has 0 radical (unpaired) electrons. The van der Waals surface area contributed by atoms with Crippen LogP contribution in [0.3, 0.4) is 0 Å². The number of aryl methyl sites for hydroxylation is 1. The Balaban J connectivity index is 1.23. The monoisotopic (exact) mass is 369 g/mol. The average molecular weight is 370 g/mol. The smallest absolute Gasteiger partial charge is 0.0712 e. The van der Waals surface area contributed by atoms with Crippen molar-refractivity contribution in [2.75, 3.05) is 26.7 Å². The number of hydrogen-bond acceptors (Lipinski definition) is 5. The fourth-order valence-electron chi connectivity index (χ4n) is 4.53. The highest BCUT2D eigenvalue weighted by molar-refractivity contribution is 5.09. The summed E-state index contributed by atoms with van der Waals surface area (Å²) in [6.07, 6.45) is 12.9. The number of piperidine rings is 1. The number of aromatic nitrogens is 3. The highest BCUT2D eigenvalue weighted by Crippen LogP contribution is 2.39. The van der Waals surface area contributed by atoms with E-state index in [0.717, 1.165) is 45.6 Å². The van der Waals surface area contributed by atoms with E-state index < -0.39 is 0 Å². The Labute approximate surface area is 162 Å². The van der Waals surface area contributed by atoms with Crippen LogP contribution in [0.15, 0.2) is 36.9 Å². The van der Waals surface area contributed by atoms with Gasteiger partial charge >= 0.3 is 0 Å². The number of likely N-dealkylation sites (tertiary alicyclic amines) is 1. The molecule has 2 aliphatic rings. The van der Waals surface area contributed by atoms with Gasteiger partial charge in [0.05, 0.1) is 17.9 Å². The Kier molecular flexibility index (Phi) is 5.57. The second-order valence-electron chi connectivity index (χ2n) is 8.31. The van der Waals surface area contributed by atoms with Gasteiger partial charge in [0.25, 0.3) is 0 Å². The van der Waals surface area contributed by atoms with Crippen LogP contribution in [0.5, 0.6) is 0 Å². The van der Waals surface area contributed by atoms with Gasteiger partial charge < -0.3 is 4.74 Å². The summed E-state index contributed by atoms with van der Waals surface area (Å²) in [5, 5.41) is 4.28. The summed E-state index contributed by atoms with van der Waals surface area (Å²) in [7, 11) is 4.16. The summed E-state index contributed by atoms with van der Waals surface area (Å²) in [6.45, 7) is 5.20. The van der Waals surface area contributed by atoms with Crippen molar-refractivity contribution < 1.29 is 4.74 Å². The minimum absolute atomic E-state index is 0.119. The molecule has 0 amide bonds. The molecule has 2 aliphatic heterocycles. The Bertz CT molecular complexity index is 723. The van der Waals surface area contributed by atoms with Crippen LogP contribution in [-0.2, 0) is 24.9 Å². The molecule has 1 unspecified atom stereocenters. The van der Waals surface area contributed by atoms with Crippen LogP contribution in [0.1, 0.15) is 36.8 Å². The Morgan fingerprint density at radius 1 is 1.19 bits per heavy atom. The zero-order chi connectivity index (χ0) is 18.7. The molecule has 0 aliphatic carbocycles. The zero-order valence-corrected chi connectivity index (χ0v) is 16.5. The summed E-state index contributed by atoms with van der Waals surface area (Å²) >= 11 is 0. The molecule has 6 nitrogen and oxygen atoms in total. The molecule has 4 rings (SSSR count). The van der Waals surface area contributed by atoms with Gasteiger partial charge in [-0.05, 0) is 50.4 Å². The van der Waals surface area contributed by atoms with Crippen LogP contribution in [0.4, 0.5) is 0 Å². The fourth-order valence-corrected chi connectivity index (χ4v) is 4.53. The average Bonchev–Trinajstić information content (AvgIpc) is 3.24. The molecule has 2 aromatic rings. The SMILES string of the molecule is CN(Cc1ccncc1)CC1CCC2(CCN(Cc3cnn(C)c3)CC2)O1. The maximum Gasteiger partial charge on any atom is 0.0712 e. The van der Waals surface area contributed by atoms with Crippen LogP contribution in [0.2, 0.25) is 0 Å². The third-order valence-electron chi connectivity index (χ3n) is 5.99. The first kappa shape index (κ1) is 18.6. The number of pyridine rings is 1. The Morgan fingerprint density at radius 2 is 1.96 bits per heavy atom. The molecule has 1 spiro atoms. The lowest BCUT2D eigenvalue weighted by Crippen LogP contribution is -2.44. The molecular weight excluding hydrogens is 338 g/mol. The van der Waals surface area contributed by atoms with E-state index in [0.29, 0.717) is 6.10 Å². The third-order valence-corrected chi connectivity index (χ3v) is 5.99. The largest absolute Gasteiger partial charge is 0.370 e. The van der Waals surface area contributed by atoms with Crippen LogP contribution >= 0.6 is 0 Å². The summed E-state index contributed by atoms with van der Waals surface area (Å²) in [5.74, 6) is 0. The van der Waals surface area contributed by atoms with E-state index in [9.17, 15) is 0 Å². The fraction of sp³-hybridized carbons (Fsp3) is 0.619. The first-order valence-corrected chi connectivity index (χ1v) is 10.1. The number of rotatable bonds is 6. The maximum atomic E-state index is 6.60. The molecule has 0 N–H and O–H groups in total. The van der Waals surface area contributed by atoms with Gasteiger partial charge in [0.1, 0.15) is 0 Å². The van der Waals surface area contributed by atoms with Crippen molar-refractivity contribution in [3.05, 3.63) is 48.0 Å². The Hall–Kier alpha value is -1.76. The van der Waals surface area contributed by atoms with Gasteiger partial charge in [-0.25, -0.2) is 0 Å². The van der Waals surface area contributed by atoms with E-state index >= 15 is 0 Å². The molecule has 0 saturated carbocycles. The van der Waals surface area contributed by atoms with E-state index in [-0.39, 0.29) is 5.60 Å². The summed E-state index contributed by atoms with van der Waals surface area (Å²) in [4.78, 5) is 9.00. The van der Waals surface area contributed by atoms with Crippen molar-refractivity contribution in [1.29, 1.82) is 0 Å². The Morgan fingerprint density at radius 3 is 2.67 bits per heavy atom. The van der Waals surface area contributed by atoms with Gasteiger partial charge in [-0.2, -0.15) is 5.10 Å². The lowest BCUT2D eigenvalue weighted by atomic mass is 9.88. The van der Waals surface area contributed by atoms with Crippen molar-refractivity contribution in [3.8, 4) is 0 Å². The molecule has 27 heavy (non-hydrogen) atoms. The lowest BCUT2D eigenvalue weighted by Gasteiger charge is -2.39. The molecule has 2 fully saturated rings. The molecule has 2 aromatic heterocycles. The highest BCUT2D eigenvalue weighted by atomic mass is 16.5. The van der Waals surface area contributed by atoms with E-state index in [1.54, 1.807) is 0 Å². The molecule has 1 atom stereocenters. The van der Waals surface area contributed by atoms with E-state index in [2.05, 4.69) is 45.3 Å². The van der Waals surface area contributed by atoms with Crippen LogP contribution in [-0.4, -0.2) is 63.0 Å². The second-order valence-corrected chi connectivity index (χ2v) is 8.31. The first-order valence-electron chi connectivity index (χ1n) is 10.1. The topological polar surface area (TPSA) is 46.4 Å². The second kappa shape index (κ2) is 8.09. The lowest BCUT2D eigenvalue weighted by molar-refractivity contribution is -0.0838. The highest BCUT2D eigenvalue weighted by Gasteiger charge is 2.42. The maximum absolute atomic E-state index is 6.60.